The van der Waals surface area contributed by atoms with Gasteiger partial charge in [0.05, 0.1) is 0 Å². The molecule has 2 nitrogen and oxygen atoms in total. The van der Waals surface area contributed by atoms with E-state index in [9.17, 15) is 4.39 Å². The number of methoxy groups -OCH3 is 1. The van der Waals surface area contributed by atoms with Gasteiger partial charge in [0.1, 0.15) is 5.82 Å². The molecule has 1 aromatic rings. The molecule has 18 heavy (non-hydrogen) atoms. The van der Waals surface area contributed by atoms with Gasteiger partial charge in [-0.05, 0) is 37.7 Å². The lowest BCUT2D eigenvalue weighted by Crippen LogP contribution is -2.28. The molecule has 1 N–H and O–H groups in total. The average molecular weight is 251 g/mol. The minimum atomic E-state index is -0.126. The maximum Gasteiger partial charge on any atom is 0.127 e. The zero-order valence-corrected chi connectivity index (χ0v) is 11.2. The van der Waals surface area contributed by atoms with Crippen LogP contribution in [0.4, 0.5) is 4.39 Å². The Kier molecular flexibility index (Phi) is 4.36. The van der Waals surface area contributed by atoms with Crippen LogP contribution in [-0.4, -0.2) is 20.3 Å². The number of benzene rings is 1. The van der Waals surface area contributed by atoms with Crippen LogP contribution in [0.15, 0.2) is 24.3 Å². The van der Waals surface area contributed by atoms with Crippen molar-refractivity contribution in [2.75, 3.05) is 20.3 Å². The lowest BCUT2D eigenvalue weighted by Gasteiger charge is -2.20. The lowest BCUT2D eigenvalue weighted by molar-refractivity contribution is 0.170. The standard InChI is InChI=1S/C15H22FNO/c1-12(13-5-3-4-6-14(13)16)17-11-15(7-8-15)9-10-18-2/h3-6,12,17H,7-11H2,1-2H3. The molecular formula is C15H22FNO. The normalized spacial score (nSPS) is 18.6. The highest BCUT2D eigenvalue weighted by molar-refractivity contribution is 5.20. The Labute approximate surface area is 109 Å². The van der Waals surface area contributed by atoms with Gasteiger partial charge in [0.2, 0.25) is 0 Å². The summed E-state index contributed by atoms with van der Waals surface area (Å²) in [7, 11) is 1.74. The molecule has 100 valence electrons. The smallest absolute Gasteiger partial charge is 0.127 e. The highest BCUT2D eigenvalue weighted by Gasteiger charge is 2.41. The van der Waals surface area contributed by atoms with Crippen molar-refractivity contribution < 1.29 is 9.13 Å². The van der Waals surface area contributed by atoms with Crippen LogP contribution < -0.4 is 5.32 Å². The van der Waals surface area contributed by atoms with Crippen molar-refractivity contribution in [2.45, 2.75) is 32.2 Å². The first kappa shape index (κ1) is 13.5. The van der Waals surface area contributed by atoms with Gasteiger partial charge < -0.3 is 10.1 Å². The van der Waals surface area contributed by atoms with Gasteiger partial charge in [-0.25, -0.2) is 4.39 Å². The number of halogens is 1. The van der Waals surface area contributed by atoms with E-state index in [4.69, 9.17) is 4.74 Å². The van der Waals surface area contributed by atoms with Crippen molar-refractivity contribution in [3.63, 3.8) is 0 Å². The Morgan fingerprint density at radius 3 is 2.72 bits per heavy atom. The average Bonchev–Trinajstić information content (AvgIpc) is 3.15. The topological polar surface area (TPSA) is 21.3 Å². The van der Waals surface area contributed by atoms with Crippen molar-refractivity contribution in [1.29, 1.82) is 0 Å². The molecule has 3 heteroatoms. The molecule has 0 aliphatic heterocycles. The van der Waals surface area contributed by atoms with E-state index < -0.39 is 0 Å². The second-order valence-electron chi connectivity index (χ2n) is 5.37. The summed E-state index contributed by atoms with van der Waals surface area (Å²) in [5, 5.41) is 3.46. The van der Waals surface area contributed by atoms with E-state index in [1.807, 2.05) is 19.1 Å². The molecule has 2 rings (SSSR count). The van der Waals surface area contributed by atoms with E-state index in [-0.39, 0.29) is 11.9 Å². The van der Waals surface area contributed by atoms with E-state index in [1.54, 1.807) is 13.2 Å². The number of rotatable bonds is 7. The Hall–Kier alpha value is -0.930. The van der Waals surface area contributed by atoms with E-state index in [0.29, 0.717) is 5.41 Å². The van der Waals surface area contributed by atoms with Crippen molar-refractivity contribution in [3.8, 4) is 0 Å². The third-order valence-corrected chi connectivity index (χ3v) is 3.95. The van der Waals surface area contributed by atoms with Crippen LogP contribution in [0, 0.1) is 11.2 Å². The first-order valence-electron chi connectivity index (χ1n) is 6.64. The maximum atomic E-state index is 13.6. The molecule has 0 amide bonds. The molecule has 1 aliphatic carbocycles. The second kappa shape index (κ2) is 5.81. The van der Waals surface area contributed by atoms with E-state index in [1.165, 1.54) is 18.9 Å². The molecule has 0 spiro atoms. The van der Waals surface area contributed by atoms with Crippen LogP contribution in [0.3, 0.4) is 0 Å². The summed E-state index contributed by atoms with van der Waals surface area (Å²) in [6.07, 6.45) is 3.61. The summed E-state index contributed by atoms with van der Waals surface area (Å²) < 4.78 is 18.8. The molecule has 0 radical (unpaired) electrons. The molecule has 0 heterocycles. The first-order chi connectivity index (χ1) is 8.67. The summed E-state index contributed by atoms with van der Waals surface area (Å²) in [4.78, 5) is 0. The number of hydrogen-bond acceptors (Lipinski definition) is 2. The molecule has 0 saturated heterocycles. The molecule has 1 aromatic carbocycles. The van der Waals surface area contributed by atoms with Crippen LogP contribution in [0.2, 0.25) is 0 Å². The van der Waals surface area contributed by atoms with Crippen LogP contribution in [0.25, 0.3) is 0 Å². The van der Waals surface area contributed by atoms with E-state index in [0.717, 1.165) is 25.1 Å². The summed E-state index contributed by atoms with van der Waals surface area (Å²) >= 11 is 0. The zero-order chi connectivity index (χ0) is 13.0. The molecule has 1 atom stereocenters. The predicted octanol–water partition coefficient (Wildman–Crippen LogP) is 3.29. The summed E-state index contributed by atoms with van der Waals surface area (Å²) in [6, 6.07) is 7.04. The Bertz CT molecular complexity index is 390. The van der Waals surface area contributed by atoms with Crippen LogP contribution >= 0.6 is 0 Å². The minimum absolute atomic E-state index is 0.0613. The molecule has 1 saturated carbocycles. The largest absolute Gasteiger partial charge is 0.385 e. The third-order valence-electron chi connectivity index (χ3n) is 3.95. The van der Waals surface area contributed by atoms with Crippen LogP contribution in [0.5, 0.6) is 0 Å². The fraction of sp³-hybridized carbons (Fsp3) is 0.600. The summed E-state index contributed by atoms with van der Waals surface area (Å²) in [6.45, 7) is 3.78. The summed E-state index contributed by atoms with van der Waals surface area (Å²) in [5.74, 6) is -0.126. The predicted molar refractivity (Wildman–Crippen MR) is 71.0 cm³/mol. The van der Waals surface area contributed by atoms with Crippen molar-refractivity contribution in [2.24, 2.45) is 5.41 Å². The third kappa shape index (κ3) is 3.30. The molecule has 0 aromatic heterocycles. The number of nitrogens with one attached hydrogen (secondary N) is 1. The highest BCUT2D eigenvalue weighted by atomic mass is 19.1. The maximum absolute atomic E-state index is 13.6. The Morgan fingerprint density at radius 2 is 2.11 bits per heavy atom. The van der Waals surface area contributed by atoms with E-state index in [2.05, 4.69) is 5.32 Å². The van der Waals surface area contributed by atoms with Gasteiger partial charge in [-0.2, -0.15) is 0 Å². The molecule has 1 aliphatic rings. The van der Waals surface area contributed by atoms with Crippen molar-refractivity contribution >= 4 is 0 Å². The molecule has 1 fully saturated rings. The van der Waals surface area contributed by atoms with Gasteiger partial charge in [-0.1, -0.05) is 18.2 Å². The van der Waals surface area contributed by atoms with Crippen molar-refractivity contribution in [1.82, 2.24) is 5.32 Å². The fourth-order valence-corrected chi connectivity index (χ4v) is 2.32. The Balaban J connectivity index is 1.85. The highest BCUT2D eigenvalue weighted by Crippen LogP contribution is 2.48. The van der Waals surface area contributed by atoms with E-state index >= 15 is 0 Å². The van der Waals surface area contributed by atoms with Gasteiger partial charge >= 0.3 is 0 Å². The summed E-state index contributed by atoms with van der Waals surface area (Å²) in [5.41, 5.74) is 1.15. The molecule has 0 bridgehead atoms. The van der Waals surface area contributed by atoms with Gasteiger partial charge in [-0.3, -0.25) is 0 Å². The monoisotopic (exact) mass is 251 g/mol. The molecule has 1 unspecified atom stereocenters. The Morgan fingerprint density at radius 1 is 1.39 bits per heavy atom. The number of ether oxygens (including phenoxy) is 1. The fourth-order valence-electron chi connectivity index (χ4n) is 2.32. The zero-order valence-electron chi connectivity index (χ0n) is 11.2. The van der Waals surface area contributed by atoms with Gasteiger partial charge in [-0.15, -0.1) is 0 Å². The van der Waals surface area contributed by atoms with Crippen LogP contribution in [0.1, 0.15) is 37.8 Å². The van der Waals surface area contributed by atoms with Gasteiger partial charge in [0.15, 0.2) is 0 Å². The van der Waals surface area contributed by atoms with Crippen LogP contribution in [-0.2, 0) is 4.74 Å². The van der Waals surface area contributed by atoms with Crippen molar-refractivity contribution in [3.05, 3.63) is 35.6 Å². The SMILES string of the molecule is COCCC1(CNC(C)c2ccccc2F)CC1. The van der Waals surface area contributed by atoms with Gasteiger partial charge in [0, 0.05) is 31.9 Å². The quantitative estimate of drug-likeness (QED) is 0.803. The lowest BCUT2D eigenvalue weighted by atomic mass is 10.0. The minimum Gasteiger partial charge on any atom is -0.385 e. The first-order valence-corrected chi connectivity index (χ1v) is 6.64. The second-order valence-corrected chi connectivity index (χ2v) is 5.37. The van der Waals surface area contributed by atoms with Gasteiger partial charge in [0.25, 0.3) is 0 Å². The number of hydrogen-bond donors (Lipinski definition) is 1. The molecular weight excluding hydrogens is 229 g/mol.